The molecule has 0 saturated carbocycles. The van der Waals surface area contributed by atoms with Crippen LogP contribution in [0, 0.1) is 47.4 Å². The molecule has 5 aromatic heterocycles. The molecule has 504 valence electrons. The quantitative estimate of drug-likeness (QED) is 0.0313. The molecule has 0 fully saturated rings. The number of nitrogens with two attached hydrogens (primary N) is 3. The van der Waals surface area contributed by atoms with E-state index < -0.39 is 17.4 Å². The Morgan fingerprint density at radius 1 is 0.538 bits per heavy atom. The monoisotopic (exact) mass is 1290 g/mol. The van der Waals surface area contributed by atoms with Crippen LogP contribution in [0.15, 0.2) is 51.1 Å². The van der Waals surface area contributed by atoms with Gasteiger partial charge in [0.2, 0.25) is 29.6 Å². The highest BCUT2D eigenvalue weighted by Gasteiger charge is 2.25. The second-order valence-corrected chi connectivity index (χ2v) is 21.5. The molecular weight excluding hydrogens is 1200 g/mol. The van der Waals surface area contributed by atoms with Gasteiger partial charge in [0.15, 0.2) is 5.65 Å². The minimum Gasteiger partial charge on any atom is -0.383 e. The van der Waals surface area contributed by atoms with E-state index in [1.165, 1.54) is 22.0 Å². The van der Waals surface area contributed by atoms with Crippen LogP contribution in [0.2, 0.25) is 0 Å². The molecule has 1 aliphatic heterocycles. The smallest absolute Gasteiger partial charge is 0.328 e. The SMILES string of the molecule is CCCOCC(=O)NCC#CC1=CN(C(C)C)C(=O)NC1N.CCCOCC(=O)NCC#Cc1cn(C(C)C)c(=O)[nH]c1=O.CCCOCC(=O)NCC#Cc1cn(C(C)C)c2nc(N)[nH]c(=O)c12.CCCOCC(=O)NCC#Cc1cn(C(C)C)c2ncnc(N)c12. The molecule has 1 aliphatic rings. The van der Waals surface area contributed by atoms with Crippen molar-refractivity contribution in [3.05, 3.63) is 84.6 Å². The first kappa shape index (κ1) is 77.5. The van der Waals surface area contributed by atoms with Crippen LogP contribution >= 0.6 is 0 Å². The molecule has 93 heavy (non-hydrogen) atoms. The van der Waals surface area contributed by atoms with Crippen molar-refractivity contribution < 1.29 is 42.9 Å². The van der Waals surface area contributed by atoms with Crippen molar-refractivity contribution in [2.75, 3.05) is 90.5 Å². The predicted molar refractivity (Wildman–Crippen MR) is 356 cm³/mol. The lowest BCUT2D eigenvalue weighted by molar-refractivity contribution is -0.126. The molecule has 1 unspecified atom stereocenters. The third kappa shape index (κ3) is 26.9. The summed E-state index contributed by atoms with van der Waals surface area (Å²) in [6, 6.07) is 0.0180. The predicted octanol–water partition coefficient (Wildman–Crippen LogP) is 2.42. The van der Waals surface area contributed by atoms with E-state index in [1.807, 2.05) is 84.6 Å². The number of nitrogens with zero attached hydrogens (tertiary/aromatic N) is 7. The van der Waals surface area contributed by atoms with Crippen molar-refractivity contribution in [3.8, 4) is 47.4 Å². The van der Waals surface area contributed by atoms with E-state index >= 15 is 0 Å². The molecular formula is C64H91N17O12. The van der Waals surface area contributed by atoms with Gasteiger partial charge in [-0.1, -0.05) is 75.1 Å². The van der Waals surface area contributed by atoms with Crippen LogP contribution in [-0.4, -0.2) is 164 Å². The van der Waals surface area contributed by atoms with Gasteiger partial charge in [0.25, 0.3) is 11.1 Å². The van der Waals surface area contributed by atoms with Crippen LogP contribution in [0.25, 0.3) is 22.1 Å². The molecule has 0 saturated heterocycles. The number of rotatable bonds is 24. The summed E-state index contributed by atoms with van der Waals surface area (Å²) in [5.74, 6) is 22.4. The van der Waals surface area contributed by atoms with Gasteiger partial charge in [-0.3, -0.25) is 48.2 Å². The number of urea groups is 1. The molecule has 0 radical (unpaired) electrons. The number of aromatic nitrogens is 8. The van der Waals surface area contributed by atoms with Crippen LogP contribution in [0.1, 0.15) is 144 Å². The van der Waals surface area contributed by atoms with Gasteiger partial charge >= 0.3 is 11.7 Å². The summed E-state index contributed by atoms with van der Waals surface area (Å²) in [7, 11) is 0. The van der Waals surface area contributed by atoms with Gasteiger partial charge in [0, 0.05) is 75.4 Å². The number of hydrogen-bond acceptors (Lipinski definition) is 18. The highest BCUT2D eigenvalue weighted by Crippen LogP contribution is 2.26. The normalized spacial score (nSPS) is 12.2. The molecule has 0 aliphatic carbocycles. The summed E-state index contributed by atoms with van der Waals surface area (Å²) in [4.78, 5) is 112. The summed E-state index contributed by atoms with van der Waals surface area (Å²) in [6.45, 7) is 26.5. The fraction of sp³-hybridized carbons (Fsp3) is 0.516. The van der Waals surface area contributed by atoms with Crippen molar-refractivity contribution in [1.29, 1.82) is 0 Å². The number of nitrogens with one attached hydrogen (secondary N) is 7. The molecule has 0 spiro atoms. The van der Waals surface area contributed by atoms with Crippen LogP contribution in [0.3, 0.4) is 0 Å². The zero-order valence-corrected chi connectivity index (χ0v) is 55.3. The number of carbonyl (C=O) groups is 5. The maximum absolute atomic E-state index is 12.2. The Bertz CT molecular complexity index is 3770. The zero-order valence-electron chi connectivity index (χ0n) is 55.3. The van der Waals surface area contributed by atoms with Gasteiger partial charge in [-0.05, 0) is 81.1 Å². The summed E-state index contributed by atoms with van der Waals surface area (Å²) in [5.41, 5.74) is 19.4. The fourth-order valence-corrected chi connectivity index (χ4v) is 7.86. The van der Waals surface area contributed by atoms with Crippen LogP contribution in [-0.2, 0) is 38.1 Å². The molecule has 1 atom stereocenters. The lowest BCUT2D eigenvalue weighted by atomic mass is 10.2. The Labute approximate surface area is 541 Å². The van der Waals surface area contributed by atoms with Crippen molar-refractivity contribution in [1.82, 2.24) is 70.1 Å². The standard InChI is InChI=1S/C17H23N5O3.C17H23N5O2.C15H24N4O3.C15H21N3O4/c1-4-8-25-10-13(23)19-7-5-6-12-9-22(11(2)3)15-14(12)16(24)21-17(18)20-15;1-4-8-24-10-14(23)19-7-5-6-13-9-22(12(2)3)17-15(13)16(18)20-11-21-17;1-4-8-22-10-13(20)17-7-5-6-12-9-19(11(2)3)15(21)18-14(12)16;1-4-8-22-10-13(19)16-7-5-6-12-9-18(11(2)3)15(21)17-14(12)20/h9,11H,4,7-8,10H2,1-3H3,(H,19,23)(H3,18,20,21,24);9,11-12H,4,7-8,10H2,1-3H3,(H,19,23)(H2,18,20,21);9,11,14H,4,7-8,10,16H2,1-3H3,(H,17,20)(H,18,21);9,11H,4,7-8,10H2,1-3H3,(H,16,19)(H,17,20,21). The van der Waals surface area contributed by atoms with Gasteiger partial charge in [0.1, 0.15) is 55.9 Å². The molecule has 29 heteroatoms. The first-order valence-corrected chi connectivity index (χ1v) is 30.6. The Morgan fingerprint density at radius 2 is 0.946 bits per heavy atom. The van der Waals surface area contributed by atoms with Gasteiger partial charge in [0.05, 0.1) is 53.7 Å². The second-order valence-electron chi connectivity index (χ2n) is 21.5. The second kappa shape index (κ2) is 41.6. The number of hydrogen-bond donors (Lipinski definition) is 10. The minimum atomic E-state index is -0.626. The molecule has 5 aromatic rings. The van der Waals surface area contributed by atoms with Crippen molar-refractivity contribution in [2.45, 2.75) is 139 Å². The topological polar surface area (TPSA) is 400 Å². The number of ether oxygens (including phenoxy) is 4. The van der Waals surface area contributed by atoms with Gasteiger partial charge in [-0.15, -0.1) is 0 Å². The summed E-state index contributed by atoms with van der Waals surface area (Å²) >= 11 is 0. The van der Waals surface area contributed by atoms with Crippen LogP contribution in [0.5, 0.6) is 0 Å². The van der Waals surface area contributed by atoms with Crippen LogP contribution in [0.4, 0.5) is 16.6 Å². The Balaban J connectivity index is 0.000000324. The van der Waals surface area contributed by atoms with Crippen molar-refractivity contribution >= 4 is 63.5 Å². The molecule has 6 heterocycles. The third-order valence-electron chi connectivity index (χ3n) is 12.4. The lowest BCUT2D eigenvalue weighted by Crippen LogP contribution is -2.53. The highest BCUT2D eigenvalue weighted by atomic mass is 16.5. The molecule has 29 nitrogen and oxygen atoms in total. The number of fused-ring (bicyclic) bond motifs is 2. The van der Waals surface area contributed by atoms with Gasteiger partial charge < -0.3 is 71.9 Å². The van der Waals surface area contributed by atoms with E-state index in [-0.39, 0.29) is 124 Å². The van der Waals surface area contributed by atoms with Gasteiger partial charge in [-0.25, -0.2) is 19.6 Å². The number of aromatic amines is 2. The van der Waals surface area contributed by atoms with E-state index in [2.05, 4.69) is 113 Å². The van der Waals surface area contributed by atoms with Crippen LogP contribution < -0.4 is 60.6 Å². The van der Waals surface area contributed by atoms with E-state index in [1.54, 1.807) is 12.4 Å². The van der Waals surface area contributed by atoms with Crippen molar-refractivity contribution in [3.63, 3.8) is 0 Å². The molecule has 6 rings (SSSR count). The number of nitrogen functional groups attached to an aromatic ring is 2. The van der Waals surface area contributed by atoms with E-state index in [0.717, 1.165) is 42.3 Å². The van der Waals surface area contributed by atoms with Crippen molar-refractivity contribution in [2.24, 2.45) is 5.73 Å². The third-order valence-corrected chi connectivity index (χ3v) is 12.4. The number of carbonyl (C=O) groups excluding carboxylic acids is 5. The van der Waals surface area contributed by atoms with E-state index in [0.29, 0.717) is 54.4 Å². The maximum atomic E-state index is 12.2. The average Bonchev–Trinajstić information content (AvgIpc) is 1.66. The summed E-state index contributed by atoms with van der Waals surface area (Å²) in [6.07, 6.45) is 11.0. The minimum absolute atomic E-state index is 0.00562. The molecule has 6 amide bonds. The van der Waals surface area contributed by atoms with E-state index in [9.17, 15) is 38.4 Å². The first-order chi connectivity index (χ1) is 44.4. The fourth-order valence-electron chi connectivity index (χ4n) is 7.86. The number of amides is 6. The highest BCUT2D eigenvalue weighted by molar-refractivity contribution is 5.92. The average molecular weight is 1290 g/mol. The summed E-state index contributed by atoms with van der Waals surface area (Å²) < 4.78 is 25.8. The number of H-pyrrole nitrogens is 2. The molecule has 13 N–H and O–H groups in total. The lowest BCUT2D eigenvalue weighted by Gasteiger charge is -2.30. The zero-order chi connectivity index (χ0) is 69.0. The Kier molecular flexibility index (Phi) is 34.7. The maximum Gasteiger partial charge on any atom is 0.328 e. The molecule has 0 bridgehead atoms. The van der Waals surface area contributed by atoms with Gasteiger partial charge in [-0.2, -0.15) is 4.98 Å². The largest absolute Gasteiger partial charge is 0.383 e. The Morgan fingerprint density at radius 3 is 1.38 bits per heavy atom. The molecule has 0 aromatic carbocycles. The number of anilines is 2. The summed E-state index contributed by atoms with van der Waals surface area (Å²) in [5, 5.41) is 14.3. The Hall–Kier alpha value is -9.75. The first-order valence-electron chi connectivity index (χ1n) is 30.6. The van der Waals surface area contributed by atoms with E-state index in [4.69, 9.17) is 36.1 Å².